The van der Waals surface area contributed by atoms with E-state index < -0.39 is 0 Å². The Labute approximate surface area is 101 Å². The van der Waals surface area contributed by atoms with Crippen molar-refractivity contribution >= 4 is 16.7 Å². The van der Waals surface area contributed by atoms with E-state index in [1.54, 1.807) is 0 Å². The molecule has 1 aromatic rings. The molecule has 1 heterocycles. The molecule has 3 N–H and O–H groups in total. The lowest BCUT2D eigenvalue weighted by Gasteiger charge is -2.12. The van der Waals surface area contributed by atoms with Crippen LogP contribution >= 0.6 is 11.5 Å². The van der Waals surface area contributed by atoms with E-state index in [2.05, 4.69) is 35.4 Å². The minimum Gasteiger partial charge on any atom is -0.359 e. The fourth-order valence-electron chi connectivity index (χ4n) is 1.50. The van der Waals surface area contributed by atoms with Crippen LogP contribution in [0.15, 0.2) is 0 Å². The molecule has 2 rings (SSSR count). The van der Waals surface area contributed by atoms with Crippen molar-refractivity contribution in [2.24, 2.45) is 11.7 Å². The van der Waals surface area contributed by atoms with Gasteiger partial charge in [0.2, 0.25) is 5.13 Å². The summed E-state index contributed by atoms with van der Waals surface area (Å²) in [6, 6.07) is 0.266. The lowest BCUT2D eigenvalue weighted by atomic mass is 9.96. The largest absolute Gasteiger partial charge is 0.359 e. The predicted molar refractivity (Wildman–Crippen MR) is 67.8 cm³/mol. The van der Waals surface area contributed by atoms with E-state index in [4.69, 9.17) is 5.73 Å². The van der Waals surface area contributed by atoms with Crippen molar-refractivity contribution < 1.29 is 0 Å². The zero-order chi connectivity index (χ0) is 11.8. The van der Waals surface area contributed by atoms with E-state index in [0.29, 0.717) is 0 Å². The number of nitrogens with two attached hydrogens (primary N) is 1. The van der Waals surface area contributed by atoms with Crippen LogP contribution in [-0.2, 0) is 5.41 Å². The van der Waals surface area contributed by atoms with Crippen molar-refractivity contribution in [3.63, 3.8) is 0 Å². The van der Waals surface area contributed by atoms with Crippen LogP contribution < -0.4 is 11.1 Å². The summed E-state index contributed by atoms with van der Waals surface area (Å²) >= 11 is 1.42. The third kappa shape index (κ3) is 2.92. The summed E-state index contributed by atoms with van der Waals surface area (Å²) in [6.07, 6.45) is 2.57. The van der Waals surface area contributed by atoms with Gasteiger partial charge in [-0.1, -0.05) is 20.8 Å². The maximum Gasteiger partial charge on any atom is 0.202 e. The Hall–Kier alpha value is -0.680. The number of anilines is 1. The van der Waals surface area contributed by atoms with Gasteiger partial charge in [0.25, 0.3) is 0 Å². The second-order valence-electron chi connectivity index (χ2n) is 5.56. The third-order valence-corrected chi connectivity index (χ3v) is 3.49. The number of nitrogens with one attached hydrogen (secondary N) is 1. The Morgan fingerprint density at radius 1 is 1.50 bits per heavy atom. The molecule has 1 aromatic heterocycles. The lowest BCUT2D eigenvalue weighted by Crippen LogP contribution is -2.31. The quantitative estimate of drug-likeness (QED) is 0.844. The number of rotatable bonds is 4. The Morgan fingerprint density at radius 3 is 2.69 bits per heavy atom. The summed E-state index contributed by atoms with van der Waals surface area (Å²) in [5.41, 5.74) is 6.04. The third-order valence-electron chi connectivity index (χ3n) is 2.81. The first-order valence-corrected chi connectivity index (χ1v) is 6.58. The smallest absolute Gasteiger partial charge is 0.202 e. The van der Waals surface area contributed by atoms with Crippen LogP contribution in [0, 0.1) is 5.92 Å². The first-order chi connectivity index (χ1) is 7.47. The first-order valence-electron chi connectivity index (χ1n) is 5.80. The van der Waals surface area contributed by atoms with Crippen LogP contribution in [0.2, 0.25) is 0 Å². The molecule has 0 aromatic carbocycles. The van der Waals surface area contributed by atoms with E-state index in [0.717, 1.165) is 23.4 Å². The van der Waals surface area contributed by atoms with E-state index in [9.17, 15) is 0 Å². The molecule has 1 unspecified atom stereocenters. The summed E-state index contributed by atoms with van der Waals surface area (Å²) in [7, 11) is 0. The zero-order valence-electron chi connectivity index (χ0n) is 10.2. The minimum absolute atomic E-state index is 0.0229. The minimum atomic E-state index is 0.0229. The highest BCUT2D eigenvalue weighted by Gasteiger charge is 2.28. The van der Waals surface area contributed by atoms with Crippen molar-refractivity contribution in [2.45, 2.75) is 45.1 Å². The molecule has 1 fully saturated rings. The molecule has 0 bridgehead atoms. The first kappa shape index (κ1) is 11.8. The van der Waals surface area contributed by atoms with Gasteiger partial charge in [-0.15, -0.1) is 0 Å². The van der Waals surface area contributed by atoms with Crippen molar-refractivity contribution in [1.82, 2.24) is 9.36 Å². The van der Waals surface area contributed by atoms with Gasteiger partial charge < -0.3 is 11.1 Å². The highest BCUT2D eigenvalue weighted by Crippen LogP contribution is 2.31. The summed E-state index contributed by atoms with van der Waals surface area (Å²) in [5.74, 6) is 1.63. The molecule has 0 spiro atoms. The van der Waals surface area contributed by atoms with Crippen molar-refractivity contribution in [1.29, 1.82) is 0 Å². The number of hydrogen-bond acceptors (Lipinski definition) is 5. The van der Waals surface area contributed by atoms with Gasteiger partial charge in [0.15, 0.2) is 0 Å². The van der Waals surface area contributed by atoms with Crippen LogP contribution in [0.25, 0.3) is 0 Å². The summed E-state index contributed by atoms with van der Waals surface area (Å²) in [6.45, 7) is 7.17. The van der Waals surface area contributed by atoms with Gasteiger partial charge in [-0.3, -0.25) is 0 Å². The predicted octanol–water partition coefficient (Wildman–Crippen LogP) is 1.98. The van der Waals surface area contributed by atoms with E-state index in [1.165, 1.54) is 24.4 Å². The topological polar surface area (TPSA) is 63.8 Å². The Bertz CT molecular complexity index is 351. The highest BCUT2D eigenvalue weighted by molar-refractivity contribution is 7.09. The Morgan fingerprint density at radius 2 is 2.19 bits per heavy atom. The lowest BCUT2D eigenvalue weighted by molar-refractivity contribution is 0.554. The molecule has 1 aliphatic rings. The van der Waals surface area contributed by atoms with Gasteiger partial charge in [-0.05, 0) is 18.8 Å². The standard InChI is InChI=1S/C11H20N4S/c1-11(2,3)9-14-10(16-15-9)13-6-8(12)7-4-5-7/h7-8H,4-6,12H2,1-3H3,(H,13,14,15). The van der Waals surface area contributed by atoms with Crippen molar-refractivity contribution in [3.8, 4) is 0 Å². The normalized spacial score (nSPS) is 18.5. The molecule has 1 aliphatic carbocycles. The maximum atomic E-state index is 6.01. The fourth-order valence-corrected chi connectivity index (χ4v) is 2.26. The maximum absolute atomic E-state index is 6.01. The molecule has 0 radical (unpaired) electrons. The summed E-state index contributed by atoms with van der Waals surface area (Å²) in [5, 5.41) is 4.17. The highest BCUT2D eigenvalue weighted by atomic mass is 32.1. The molecular weight excluding hydrogens is 220 g/mol. The molecule has 5 heteroatoms. The number of nitrogens with zero attached hydrogens (tertiary/aromatic N) is 2. The molecular formula is C11H20N4S. The summed E-state index contributed by atoms with van der Waals surface area (Å²) in [4.78, 5) is 4.47. The van der Waals surface area contributed by atoms with Crippen LogP contribution in [0.1, 0.15) is 39.4 Å². The van der Waals surface area contributed by atoms with Gasteiger partial charge >= 0.3 is 0 Å². The van der Waals surface area contributed by atoms with Crippen molar-refractivity contribution in [3.05, 3.63) is 5.82 Å². The van der Waals surface area contributed by atoms with E-state index in [1.807, 2.05) is 0 Å². The van der Waals surface area contributed by atoms with Gasteiger partial charge in [-0.2, -0.15) is 4.37 Å². The van der Waals surface area contributed by atoms with Crippen molar-refractivity contribution in [2.75, 3.05) is 11.9 Å². The van der Waals surface area contributed by atoms with Gasteiger partial charge in [0.05, 0.1) is 0 Å². The van der Waals surface area contributed by atoms with Crippen LogP contribution in [-0.4, -0.2) is 21.9 Å². The van der Waals surface area contributed by atoms with Gasteiger partial charge in [0, 0.05) is 29.5 Å². The molecule has 1 saturated carbocycles. The Balaban J connectivity index is 1.87. The second-order valence-corrected chi connectivity index (χ2v) is 6.31. The van der Waals surface area contributed by atoms with Crippen LogP contribution in [0.5, 0.6) is 0 Å². The van der Waals surface area contributed by atoms with Crippen LogP contribution in [0.3, 0.4) is 0 Å². The average Bonchev–Trinajstić information content (AvgIpc) is 2.92. The number of aromatic nitrogens is 2. The molecule has 0 aliphatic heterocycles. The van der Waals surface area contributed by atoms with Crippen LogP contribution in [0.4, 0.5) is 5.13 Å². The van der Waals surface area contributed by atoms with Gasteiger partial charge in [-0.25, -0.2) is 4.98 Å². The number of hydrogen-bond donors (Lipinski definition) is 2. The zero-order valence-corrected chi connectivity index (χ0v) is 11.0. The molecule has 1 atom stereocenters. The molecule has 0 amide bonds. The molecule has 16 heavy (non-hydrogen) atoms. The average molecular weight is 240 g/mol. The second kappa shape index (κ2) is 4.30. The SMILES string of the molecule is CC(C)(C)c1nsc(NCC(N)C2CC2)n1. The van der Waals surface area contributed by atoms with E-state index >= 15 is 0 Å². The molecule has 4 nitrogen and oxygen atoms in total. The fraction of sp³-hybridized carbons (Fsp3) is 0.818. The monoisotopic (exact) mass is 240 g/mol. The Kier molecular flexibility index (Phi) is 3.17. The molecule has 90 valence electrons. The summed E-state index contributed by atoms with van der Waals surface area (Å²) < 4.78 is 4.35. The molecule has 0 saturated heterocycles. The van der Waals surface area contributed by atoms with E-state index in [-0.39, 0.29) is 11.5 Å². The van der Waals surface area contributed by atoms with Gasteiger partial charge in [0.1, 0.15) is 5.82 Å².